The Morgan fingerprint density at radius 3 is 2.18 bits per heavy atom. The minimum Gasteiger partial charge on any atom is -0.475 e. The zero-order valence-electron chi connectivity index (χ0n) is 14.4. The van der Waals surface area contributed by atoms with Crippen LogP contribution >= 0.6 is 0 Å². The topological polar surface area (TPSA) is 85.3 Å². The van der Waals surface area contributed by atoms with E-state index in [4.69, 9.17) is 15.6 Å². The number of carbonyl (C=O) groups excluding carboxylic acids is 1. The number of rotatable bonds is 1. The standard InChI is InChI=1S/C18H14N2O.C2HF3O2/c19-18(21)15-9-10-20-16-8-4-1-5-12(16)11-17(20)14-7-3-2-6-13(14)15;3-2(4,5)1(6)7/h1-9,11H,10H2,(H2,19,21);(H,6,7). The summed E-state index contributed by atoms with van der Waals surface area (Å²) in [7, 11) is 0. The molecular formula is C20H15F3N2O3. The SMILES string of the molecule is NC(=O)C1=CCn2c(cc3ccccc32)-c2ccccc21.O=C(O)C(F)(F)F. The number of carbonyl (C=O) groups is 2. The number of para-hydroxylation sites is 1. The molecule has 4 rings (SSSR count). The van der Waals surface area contributed by atoms with Crippen LogP contribution in [-0.2, 0) is 16.1 Å². The van der Waals surface area contributed by atoms with Gasteiger partial charge >= 0.3 is 12.1 Å². The van der Waals surface area contributed by atoms with E-state index in [1.165, 1.54) is 10.9 Å². The van der Waals surface area contributed by atoms with E-state index < -0.39 is 12.1 Å². The normalized spacial score (nSPS) is 12.8. The fourth-order valence-corrected chi connectivity index (χ4v) is 3.10. The molecule has 2 aromatic carbocycles. The smallest absolute Gasteiger partial charge is 0.475 e. The van der Waals surface area contributed by atoms with E-state index >= 15 is 0 Å². The number of carboxylic acids is 1. The second kappa shape index (κ2) is 7.22. The average Bonchev–Trinajstić information content (AvgIpc) is 2.92. The van der Waals surface area contributed by atoms with Gasteiger partial charge in [-0.3, -0.25) is 4.79 Å². The van der Waals surface area contributed by atoms with Crippen molar-refractivity contribution in [1.82, 2.24) is 4.57 Å². The number of primary amides is 1. The molecule has 0 atom stereocenters. The summed E-state index contributed by atoms with van der Waals surface area (Å²) in [4.78, 5) is 20.6. The van der Waals surface area contributed by atoms with Gasteiger partial charge < -0.3 is 15.4 Å². The minimum absolute atomic E-state index is 0.377. The first kappa shape index (κ1) is 19.2. The number of nitrogens with two attached hydrogens (primary N) is 1. The van der Waals surface area contributed by atoms with Gasteiger partial charge in [0.15, 0.2) is 0 Å². The third-order valence-electron chi connectivity index (χ3n) is 4.29. The first-order valence-corrected chi connectivity index (χ1v) is 8.18. The number of nitrogens with zero attached hydrogens (tertiary/aromatic N) is 1. The highest BCUT2D eigenvalue weighted by atomic mass is 19.4. The van der Waals surface area contributed by atoms with Crippen molar-refractivity contribution in [3.8, 4) is 11.3 Å². The number of allylic oxidation sites excluding steroid dienone is 1. The van der Waals surface area contributed by atoms with Gasteiger partial charge in [0.05, 0.1) is 5.69 Å². The highest BCUT2D eigenvalue weighted by Crippen LogP contribution is 2.35. The summed E-state index contributed by atoms with van der Waals surface area (Å²) >= 11 is 0. The largest absolute Gasteiger partial charge is 0.490 e. The Hall–Kier alpha value is -3.55. The van der Waals surface area contributed by atoms with Gasteiger partial charge in [0.25, 0.3) is 0 Å². The zero-order valence-corrected chi connectivity index (χ0v) is 14.4. The number of halogens is 3. The maximum atomic E-state index is 11.8. The van der Waals surface area contributed by atoms with E-state index in [9.17, 15) is 18.0 Å². The Labute approximate surface area is 157 Å². The predicted molar refractivity (Wildman–Crippen MR) is 98.2 cm³/mol. The Bertz CT molecular complexity index is 1100. The van der Waals surface area contributed by atoms with Crippen LogP contribution < -0.4 is 5.73 Å². The van der Waals surface area contributed by atoms with Crippen molar-refractivity contribution in [2.24, 2.45) is 5.73 Å². The quantitative estimate of drug-likeness (QED) is 0.665. The van der Waals surface area contributed by atoms with E-state index in [1.807, 2.05) is 42.5 Å². The highest BCUT2D eigenvalue weighted by Gasteiger charge is 2.38. The molecule has 2 heterocycles. The molecule has 0 aliphatic carbocycles. The van der Waals surface area contributed by atoms with Gasteiger partial charge in [0.2, 0.25) is 5.91 Å². The second-order valence-corrected chi connectivity index (χ2v) is 6.03. The van der Waals surface area contributed by atoms with E-state index in [2.05, 4.69) is 22.8 Å². The minimum atomic E-state index is -5.08. The third-order valence-corrected chi connectivity index (χ3v) is 4.29. The molecule has 0 radical (unpaired) electrons. The van der Waals surface area contributed by atoms with Crippen LogP contribution in [-0.4, -0.2) is 27.7 Å². The van der Waals surface area contributed by atoms with Gasteiger partial charge in [0.1, 0.15) is 0 Å². The fourth-order valence-electron chi connectivity index (χ4n) is 3.10. The van der Waals surface area contributed by atoms with Crippen molar-refractivity contribution in [3.63, 3.8) is 0 Å². The molecule has 0 fully saturated rings. The van der Waals surface area contributed by atoms with E-state index in [1.54, 1.807) is 0 Å². The van der Waals surface area contributed by atoms with Gasteiger partial charge in [-0.2, -0.15) is 13.2 Å². The number of alkyl halides is 3. The van der Waals surface area contributed by atoms with Crippen LogP contribution in [0, 0.1) is 0 Å². The summed E-state index contributed by atoms with van der Waals surface area (Å²) in [5.74, 6) is -3.13. The molecule has 0 bridgehead atoms. The number of aromatic nitrogens is 1. The van der Waals surface area contributed by atoms with Gasteiger partial charge in [-0.1, -0.05) is 48.5 Å². The van der Waals surface area contributed by atoms with Gasteiger partial charge in [-0.05, 0) is 17.7 Å². The Balaban J connectivity index is 0.000000279. The lowest BCUT2D eigenvalue weighted by atomic mass is 9.97. The summed E-state index contributed by atoms with van der Waals surface area (Å²) < 4.78 is 34.0. The summed E-state index contributed by atoms with van der Waals surface area (Å²) in [5.41, 5.74) is 10.4. The van der Waals surface area contributed by atoms with E-state index in [-0.39, 0.29) is 5.91 Å². The monoisotopic (exact) mass is 388 g/mol. The number of amides is 1. The summed E-state index contributed by atoms with van der Waals surface area (Å²) in [6, 6.07) is 18.4. The molecule has 5 nitrogen and oxygen atoms in total. The number of aliphatic carboxylic acids is 1. The van der Waals surface area contributed by atoms with Crippen molar-refractivity contribution in [2.45, 2.75) is 12.7 Å². The molecule has 1 aliphatic heterocycles. The van der Waals surface area contributed by atoms with E-state index in [0.29, 0.717) is 12.1 Å². The fraction of sp³-hybridized carbons (Fsp3) is 0.100. The van der Waals surface area contributed by atoms with Crippen molar-refractivity contribution in [1.29, 1.82) is 0 Å². The molecule has 3 aromatic rings. The molecule has 0 saturated heterocycles. The van der Waals surface area contributed by atoms with Crippen molar-refractivity contribution in [3.05, 3.63) is 66.2 Å². The lowest BCUT2D eigenvalue weighted by molar-refractivity contribution is -0.192. The molecule has 144 valence electrons. The maximum absolute atomic E-state index is 11.8. The van der Waals surface area contributed by atoms with Gasteiger partial charge in [-0.15, -0.1) is 0 Å². The first-order valence-electron chi connectivity index (χ1n) is 8.18. The first-order chi connectivity index (χ1) is 13.2. The molecule has 0 unspecified atom stereocenters. The van der Waals surface area contributed by atoms with Gasteiger partial charge in [0, 0.05) is 28.6 Å². The highest BCUT2D eigenvalue weighted by molar-refractivity contribution is 6.20. The van der Waals surface area contributed by atoms with Gasteiger partial charge in [-0.25, -0.2) is 4.79 Å². The molecule has 1 aliphatic rings. The van der Waals surface area contributed by atoms with Crippen LogP contribution in [0.3, 0.4) is 0 Å². The molecular weight excluding hydrogens is 373 g/mol. The van der Waals surface area contributed by atoms with Crippen LogP contribution in [0.25, 0.3) is 27.7 Å². The molecule has 3 N–H and O–H groups in total. The average molecular weight is 388 g/mol. The number of hydrogen-bond donors (Lipinski definition) is 2. The third kappa shape index (κ3) is 3.62. The van der Waals surface area contributed by atoms with Crippen LogP contribution in [0.2, 0.25) is 0 Å². The molecule has 8 heteroatoms. The van der Waals surface area contributed by atoms with Crippen LogP contribution in [0.5, 0.6) is 0 Å². The molecule has 1 aromatic heterocycles. The second-order valence-electron chi connectivity index (χ2n) is 6.03. The maximum Gasteiger partial charge on any atom is 0.490 e. The number of fused-ring (bicyclic) bond motifs is 5. The van der Waals surface area contributed by atoms with E-state index in [0.717, 1.165) is 16.8 Å². The van der Waals surface area contributed by atoms with Crippen molar-refractivity contribution < 1.29 is 27.9 Å². The number of carboxylic acid groups (broad SMARTS) is 1. The summed E-state index contributed by atoms with van der Waals surface area (Å²) in [6.07, 6.45) is -3.16. The Morgan fingerprint density at radius 2 is 1.57 bits per heavy atom. The summed E-state index contributed by atoms with van der Waals surface area (Å²) in [5, 5.41) is 8.33. The Kier molecular flexibility index (Phi) is 4.96. The summed E-state index contributed by atoms with van der Waals surface area (Å²) in [6.45, 7) is 0.649. The predicted octanol–water partition coefficient (Wildman–Crippen LogP) is 3.82. The lowest BCUT2D eigenvalue weighted by Crippen LogP contribution is -2.21. The van der Waals surface area contributed by atoms with Crippen LogP contribution in [0.4, 0.5) is 13.2 Å². The number of benzene rings is 2. The molecule has 28 heavy (non-hydrogen) atoms. The van der Waals surface area contributed by atoms with Crippen LogP contribution in [0.1, 0.15) is 5.56 Å². The van der Waals surface area contributed by atoms with Crippen LogP contribution in [0.15, 0.2) is 60.7 Å². The Morgan fingerprint density at radius 1 is 1.00 bits per heavy atom. The number of hydrogen-bond acceptors (Lipinski definition) is 2. The lowest BCUT2D eigenvalue weighted by Gasteiger charge is -2.09. The molecule has 0 saturated carbocycles. The molecule has 1 amide bonds. The van der Waals surface area contributed by atoms with Crippen molar-refractivity contribution in [2.75, 3.05) is 0 Å². The van der Waals surface area contributed by atoms with Crippen molar-refractivity contribution >= 4 is 28.4 Å². The zero-order chi connectivity index (χ0) is 20.5. The molecule has 0 spiro atoms.